The second-order valence-electron chi connectivity index (χ2n) is 4.47. The van der Waals surface area contributed by atoms with Gasteiger partial charge in [0.25, 0.3) is 0 Å². The predicted molar refractivity (Wildman–Crippen MR) is 63.6 cm³/mol. The molecule has 1 amide bonds. The molecule has 0 saturated heterocycles. The van der Waals surface area contributed by atoms with Crippen LogP contribution < -0.4 is 11.1 Å². The van der Waals surface area contributed by atoms with Gasteiger partial charge >= 0.3 is 0 Å². The average molecular weight is 232 g/mol. The lowest BCUT2D eigenvalue weighted by Crippen LogP contribution is -2.40. The molecular weight excluding hydrogens is 216 g/mol. The maximum atomic E-state index is 11.1. The SMILES string of the molecule is CC(C)(CNCc1cccnc1C#N)C(N)=O. The highest BCUT2D eigenvalue weighted by atomic mass is 16.1. The Bertz CT molecular complexity index is 448. The quantitative estimate of drug-likeness (QED) is 0.775. The summed E-state index contributed by atoms with van der Waals surface area (Å²) in [5, 5.41) is 12.0. The van der Waals surface area contributed by atoms with Crippen LogP contribution in [0.5, 0.6) is 0 Å². The number of nitrogens with two attached hydrogens (primary N) is 1. The van der Waals surface area contributed by atoms with Crippen LogP contribution in [0.4, 0.5) is 0 Å². The van der Waals surface area contributed by atoms with Gasteiger partial charge in [-0.15, -0.1) is 0 Å². The van der Waals surface area contributed by atoms with E-state index < -0.39 is 5.41 Å². The molecule has 1 rings (SSSR count). The highest BCUT2D eigenvalue weighted by Crippen LogP contribution is 2.12. The molecule has 0 unspecified atom stereocenters. The Kier molecular flexibility index (Phi) is 4.18. The Balaban J connectivity index is 2.58. The van der Waals surface area contributed by atoms with Gasteiger partial charge in [-0.2, -0.15) is 5.26 Å². The van der Waals surface area contributed by atoms with Crippen LogP contribution >= 0.6 is 0 Å². The van der Waals surface area contributed by atoms with Gasteiger partial charge in [0.1, 0.15) is 11.8 Å². The molecule has 3 N–H and O–H groups in total. The van der Waals surface area contributed by atoms with Gasteiger partial charge in [0.15, 0.2) is 0 Å². The summed E-state index contributed by atoms with van der Waals surface area (Å²) in [4.78, 5) is 15.1. The third kappa shape index (κ3) is 3.54. The number of amides is 1. The van der Waals surface area contributed by atoms with Gasteiger partial charge in [0.2, 0.25) is 5.91 Å². The predicted octanol–water partition coefficient (Wildman–Crippen LogP) is 0.554. The Morgan fingerprint density at radius 1 is 1.65 bits per heavy atom. The molecule has 17 heavy (non-hydrogen) atoms. The molecular formula is C12H16N4O. The van der Waals surface area contributed by atoms with E-state index in [1.165, 1.54) is 0 Å². The van der Waals surface area contributed by atoms with Crippen molar-refractivity contribution in [1.29, 1.82) is 5.26 Å². The summed E-state index contributed by atoms with van der Waals surface area (Å²) in [5.74, 6) is -0.350. The van der Waals surface area contributed by atoms with Crippen molar-refractivity contribution in [3.05, 3.63) is 29.6 Å². The van der Waals surface area contributed by atoms with Crippen molar-refractivity contribution in [3.63, 3.8) is 0 Å². The minimum Gasteiger partial charge on any atom is -0.369 e. The number of nitrogens with zero attached hydrogens (tertiary/aromatic N) is 2. The molecule has 0 saturated carbocycles. The lowest BCUT2D eigenvalue weighted by molar-refractivity contribution is -0.125. The van der Waals surface area contributed by atoms with Gasteiger partial charge in [0, 0.05) is 24.8 Å². The first kappa shape index (κ1) is 13.1. The van der Waals surface area contributed by atoms with Crippen LogP contribution in [0.1, 0.15) is 25.1 Å². The summed E-state index contributed by atoms with van der Waals surface area (Å²) in [5.41, 5.74) is 5.87. The number of hydrogen-bond donors (Lipinski definition) is 2. The fourth-order valence-corrected chi connectivity index (χ4v) is 1.28. The summed E-state index contributed by atoms with van der Waals surface area (Å²) in [7, 11) is 0. The third-order valence-electron chi connectivity index (χ3n) is 2.55. The summed E-state index contributed by atoms with van der Waals surface area (Å²) in [6.07, 6.45) is 1.58. The van der Waals surface area contributed by atoms with Gasteiger partial charge in [-0.3, -0.25) is 4.79 Å². The van der Waals surface area contributed by atoms with Gasteiger partial charge in [-0.05, 0) is 19.9 Å². The second kappa shape index (κ2) is 5.41. The molecule has 1 aromatic rings. The Labute approximate surface area is 101 Å². The van der Waals surface area contributed by atoms with Crippen LogP contribution in [-0.4, -0.2) is 17.4 Å². The number of nitriles is 1. The van der Waals surface area contributed by atoms with Crippen LogP contribution in [0, 0.1) is 16.7 Å². The van der Waals surface area contributed by atoms with Gasteiger partial charge < -0.3 is 11.1 Å². The fourth-order valence-electron chi connectivity index (χ4n) is 1.28. The number of rotatable bonds is 5. The van der Waals surface area contributed by atoms with Crippen molar-refractivity contribution in [2.75, 3.05) is 6.54 Å². The van der Waals surface area contributed by atoms with Crippen LogP contribution in [0.15, 0.2) is 18.3 Å². The lowest BCUT2D eigenvalue weighted by Gasteiger charge is -2.20. The minimum absolute atomic E-state index is 0.350. The molecule has 0 spiro atoms. The van der Waals surface area contributed by atoms with Crippen molar-refractivity contribution in [2.45, 2.75) is 20.4 Å². The normalized spacial score (nSPS) is 10.9. The van der Waals surface area contributed by atoms with E-state index >= 15 is 0 Å². The Morgan fingerprint density at radius 2 is 2.35 bits per heavy atom. The highest BCUT2D eigenvalue weighted by Gasteiger charge is 2.24. The van der Waals surface area contributed by atoms with Crippen LogP contribution in [0.25, 0.3) is 0 Å². The van der Waals surface area contributed by atoms with Gasteiger partial charge in [-0.1, -0.05) is 6.07 Å². The molecule has 0 fully saturated rings. The molecule has 90 valence electrons. The molecule has 5 nitrogen and oxygen atoms in total. The smallest absolute Gasteiger partial charge is 0.224 e. The van der Waals surface area contributed by atoms with Crippen molar-refractivity contribution < 1.29 is 4.79 Å². The standard InChI is InChI=1S/C12H16N4O/c1-12(2,11(14)17)8-15-7-9-4-3-5-16-10(9)6-13/h3-5,15H,7-8H2,1-2H3,(H2,14,17). The summed E-state index contributed by atoms with van der Waals surface area (Å²) >= 11 is 0. The number of carbonyl (C=O) groups excluding carboxylic acids is 1. The maximum Gasteiger partial charge on any atom is 0.224 e. The van der Waals surface area contributed by atoms with Gasteiger partial charge in [0.05, 0.1) is 5.41 Å². The number of pyridine rings is 1. The van der Waals surface area contributed by atoms with Crippen LogP contribution in [0.2, 0.25) is 0 Å². The van der Waals surface area contributed by atoms with Gasteiger partial charge in [-0.25, -0.2) is 4.98 Å². The van der Waals surface area contributed by atoms with Crippen molar-refractivity contribution in [1.82, 2.24) is 10.3 Å². The number of aromatic nitrogens is 1. The zero-order valence-electron chi connectivity index (χ0n) is 10.0. The average Bonchev–Trinajstić information content (AvgIpc) is 2.29. The molecule has 0 bridgehead atoms. The van der Waals surface area contributed by atoms with E-state index in [0.29, 0.717) is 18.8 Å². The Hall–Kier alpha value is -1.93. The monoisotopic (exact) mass is 232 g/mol. The molecule has 0 aliphatic rings. The molecule has 0 aliphatic heterocycles. The first-order valence-corrected chi connectivity index (χ1v) is 5.32. The number of carbonyl (C=O) groups is 1. The molecule has 0 aliphatic carbocycles. The maximum absolute atomic E-state index is 11.1. The lowest BCUT2D eigenvalue weighted by atomic mass is 9.93. The Morgan fingerprint density at radius 3 is 2.94 bits per heavy atom. The van der Waals surface area contributed by atoms with E-state index in [0.717, 1.165) is 5.56 Å². The largest absolute Gasteiger partial charge is 0.369 e. The van der Waals surface area contributed by atoms with E-state index in [-0.39, 0.29) is 5.91 Å². The summed E-state index contributed by atoms with van der Waals surface area (Å²) in [6, 6.07) is 5.63. The zero-order valence-corrected chi connectivity index (χ0v) is 10.0. The van der Waals surface area contributed by atoms with E-state index in [1.807, 2.05) is 12.1 Å². The zero-order chi connectivity index (χ0) is 12.9. The number of hydrogen-bond acceptors (Lipinski definition) is 4. The molecule has 5 heteroatoms. The summed E-state index contributed by atoms with van der Waals surface area (Å²) < 4.78 is 0. The van der Waals surface area contributed by atoms with E-state index in [2.05, 4.69) is 10.3 Å². The molecule has 0 radical (unpaired) electrons. The van der Waals surface area contributed by atoms with Crippen LogP contribution in [-0.2, 0) is 11.3 Å². The third-order valence-corrected chi connectivity index (χ3v) is 2.55. The van der Waals surface area contributed by atoms with Crippen molar-refractivity contribution >= 4 is 5.91 Å². The van der Waals surface area contributed by atoms with Crippen molar-refractivity contribution in [2.24, 2.45) is 11.1 Å². The van der Waals surface area contributed by atoms with Crippen molar-refractivity contribution in [3.8, 4) is 6.07 Å². The highest BCUT2D eigenvalue weighted by molar-refractivity contribution is 5.80. The first-order valence-electron chi connectivity index (χ1n) is 5.32. The second-order valence-corrected chi connectivity index (χ2v) is 4.47. The fraction of sp³-hybridized carbons (Fsp3) is 0.417. The van der Waals surface area contributed by atoms with Crippen LogP contribution in [0.3, 0.4) is 0 Å². The molecule has 1 heterocycles. The molecule has 0 atom stereocenters. The summed E-state index contributed by atoms with van der Waals surface area (Å²) in [6.45, 7) is 4.50. The topological polar surface area (TPSA) is 91.8 Å². The first-order chi connectivity index (χ1) is 7.97. The molecule has 1 aromatic heterocycles. The molecule has 0 aromatic carbocycles. The van der Waals surface area contributed by atoms with E-state index in [1.54, 1.807) is 26.1 Å². The van der Waals surface area contributed by atoms with E-state index in [9.17, 15) is 4.79 Å². The minimum atomic E-state index is -0.602. The van der Waals surface area contributed by atoms with E-state index in [4.69, 9.17) is 11.0 Å². The number of primary amides is 1. The number of nitrogens with one attached hydrogen (secondary N) is 1.